The van der Waals surface area contributed by atoms with E-state index < -0.39 is 15.2 Å². The first-order valence-electron chi connectivity index (χ1n) is 3.20. The molecule has 0 aliphatic carbocycles. The van der Waals surface area contributed by atoms with Gasteiger partial charge in [0.1, 0.15) is 0 Å². The lowest BCUT2D eigenvalue weighted by atomic mass is 10.2. The van der Waals surface area contributed by atoms with Gasteiger partial charge in [-0.25, -0.2) is 0 Å². The van der Waals surface area contributed by atoms with Crippen molar-refractivity contribution in [2.24, 2.45) is 0 Å². The van der Waals surface area contributed by atoms with E-state index in [0.717, 1.165) is 0 Å². The third kappa shape index (κ3) is 1.75. The summed E-state index contributed by atoms with van der Waals surface area (Å²) in [4.78, 5) is 0. The molecule has 1 rings (SSSR count). The van der Waals surface area contributed by atoms with Gasteiger partial charge in [0.15, 0.2) is 0 Å². The highest BCUT2D eigenvalue weighted by atomic mass is 32.2. The molecule has 66 valence electrons. The predicted octanol–water partition coefficient (Wildman–Crippen LogP) is 1.25. The fraction of sp³-hybridized carbons (Fsp3) is 0.143. The zero-order valence-corrected chi connectivity index (χ0v) is 7.04. The highest BCUT2D eigenvalue weighted by molar-refractivity contribution is 7.85. The molecule has 0 saturated heterocycles. The molecule has 0 amide bonds. The van der Waals surface area contributed by atoms with Gasteiger partial charge in [-0.1, -0.05) is 6.08 Å². The van der Waals surface area contributed by atoms with E-state index in [2.05, 4.69) is 11.0 Å². The summed E-state index contributed by atoms with van der Waals surface area (Å²) in [5.41, 5.74) is 0.410. The topological polar surface area (TPSA) is 67.5 Å². The summed E-state index contributed by atoms with van der Waals surface area (Å²) in [5, 5.41) is -0.401. The second kappa shape index (κ2) is 3.12. The highest BCUT2D eigenvalue weighted by Gasteiger charge is 2.17. The van der Waals surface area contributed by atoms with E-state index in [0.29, 0.717) is 12.0 Å². The Morgan fingerprint density at radius 1 is 1.67 bits per heavy atom. The minimum absolute atomic E-state index is 0.353. The van der Waals surface area contributed by atoms with Crippen LogP contribution in [0.15, 0.2) is 34.5 Å². The Bertz CT molecular complexity index is 374. The van der Waals surface area contributed by atoms with Crippen molar-refractivity contribution < 1.29 is 17.4 Å². The molecule has 0 aromatic carbocycles. The van der Waals surface area contributed by atoms with Crippen molar-refractivity contribution in [2.45, 2.75) is 11.5 Å². The third-order valence-corrected chi connectivity index (χ3v) is 2.13. The fourth-order valence-electron chi connectivity index (χ4n) is 0.855. The lowest BCUT2D eigenvalue weighted by molar-refractivity contribution is 0.403. The average Bonchev–Trinajstić information content (AvgIpc) is 2.34. The molecule has 0 spiro atoms. The maximum absolute atomic E-state index is 10.6. The van der Waals surface area contributed by atoms with Gasteiger partial charge in [-0.05, 0) is 12.5 Å². The molecule has 0 aliphatic heterocycles. The van der Waals surface area contributed by atoms with Crippen LogP contribution in [0.25, 0.3) is 0 Å². The molecule has 0 unspecified atom stereocenters. The van der Waals surface area contributed by atoms with E-state index in [1.807, 2.05) is 0 Å². The summed E-state index contributed by atoms with van der Waals surface area (Å²) in [6.07, 6.45) is 3.09. The van der Waals surface area contributed by atoms with E-state index in [-0.39, 0.29) is 0 Å². The van der Waals surface area contributed by atoms with Gasteiger partial charge in [-0.15, -0.1) is 6.58 Å². The fourth-order valence-corrected chi connectivity index (χ4v) is 1.51. The van der Waals surface area contributed by atoms with Gasteiger partial charge in [-0.2, -0.15) is 8.42 Å². The number of hydrogen-bond donors (Lipinski definition) is 1. The van der Waals surface area contributed by atoms with E-state index in [9.17, 15) is 8.42 Å². The Kier molecular flexibility index (Phi) is 2.35. The summed E-state index contributed by atoms with van der Waals surface area (Å²) < 4.78 is 34.5. The zero-order chi connectivity index (χ0) is 9.19. The number of allylic oxidation sites excluding steroid dienone is 1. The maximum Gasteiger partial charge on any atom is 0.328 e. The SMILES string of the molecule is C=CCc1ccoc1S(=O)(=O)O. The minimum atomic E-state index is -4.23. The van der Waals surface area contributed by atoms with Gasteiger partial charge < -0.3 is 4.42 Å². The monoisotopic (exact) mass is 188 g/mol. The van der Waals surface area contributed by atoms with Gasteiger partial charge in [0.2, 0.25) is 5.09 Å². The normalized spacial score (nSPS) is 11.4. The molecule has 0 bridgehead atoms. The number of hydrogen-bond acceptors (Lipinski definition) is 3. The van der Waals surface area contributed by atoms with Gasteiger partial charge in [0, 0.05) is 5.56 Å². The van der Waals surface area contributed by atoms with E-state index >= 15 is 0 Å². The molecule has 0 fully saturated rings. The van der Waals surface area contributed by atoms with Gasteiger partial charge in [-0.3, -0.25) is 4.55 Å². The molecule has 0 aliphatic rings. The largest absolute Gasteiger partial charge is 0.451 e. The van der Waals surface area contributed by atoms with Gasteiger partial charge >= 0.3 is 10.1 Å². The first-order chi connectivity index (χ1) is 5.55. The van der Waals surface area contributed by atoms with Crippen molar-refractivity contribution in [3.8, 4) is 0 Å². The van der Waals surface area contributed by atoms with Crippen molar-refractivity contribution >= 4 is 10.1 Å². The highest BCUT2D eigenvalue weighted by Crippen LogP contribution is 2.16. The van der Waals surface area contributed by atoms with Crippen LogP contribution in [0.1, 0.15) is 5.56 Å². The van der Waals surface area contributed by atoms with Crippen LogP contribution >= 0.6 is 0 Å². The van der Waals surface area contributed by atoms with Crippen molar-refractivity contribution in [2.75, 3.05) is 0 Å². The standard InChI is InChI=1S/C7H8O4S/c1-2-3-6-4-5-11-7(6)12(8,9)10/h2,4-5H,1,3H2,(H,8,9,10). The summed E-state index contributed by atoms with van der Waals surface area (Å²) in [6, 6.07) is 1.48. The molecular formula is C7H8O4S. The van der Waals surface area contributed by atoms with Crippen LogP contribution in [0.2, 0.25) is 0 Å². The molecule has 0 radical (unpaired) electrons. The van der Waals surface area contributed by atoms with Gasteiger partial charge in [0.05, 0.1) is 6.26 Å². The molecule has 12 heavy (non-hydrogen) atoms. The lowest BCUT2D eigenvalue weighted by Crippen LogP contribution is -1.99. The predicted molar refractivity (Wildman–Crippen MR) is 42.4 cm³/mol. The van der Waals surface area contributed by atoms with Crippen LogP contribution in [-0.4, -0.2) is 13.0 Å². The van der Waals surface area contributed by atoms with Gasteiger partial charge in [0.25, 0.3) is 0 Å². The van der Waals surface area contributed by atoms with Crippen molar-refractivity contribution in [1.29, 1.82) is 0 Å². The Hall–Kier alpha value is -1.07. The Morgan fingerprint density at radius 2 is 2.33 bits per heavy atom. The second-order valence-electron chi connectivity index (χ2n) is 2.20. The molecular weight excluding hydrogens is 180 g/mol. The van der Waals surface area contributed by atoms with Crippen molar-refractivity contribution in [3.05, 3.63) is 30.5 Å². The summed E-state index contributed by atoms with van der Waals surface area (Å²) in [7, 11) is -4.23. The smallest absolute Gasteiger partial charge is 0.328 e. The summed E-state index contributed by atoms with van der Waals surface area (Å²) >= 11 is 0. The Balaban J connectivity index is 3.16. The van der Waals surface area contributed by atoms with E-state index in [4.69, 9.17) is 4.55 Å². The summed E-state index contributed by atoms with van der Waals surface area (Å²) in [5.74, 6) is 0. The van der Waals surface area contributed by atoms with Crippen LogP contribution in [0.5, 0.6) is 0 Å². The lowest BCUT2D eigenvalue weighted by Gasteiger charge is -1.93. The van der Waals surface area contributed by atoms with Crippen molar-refractivity contribution in [1.82, 2.24) is 0 Å². The first-order valence-corrected chi connectivity index (χ1v) is 4.64. The van der Waals surface area contributed by atoms with E-state index in [1.165, 1.54) is 18.4 Å². The second-order valence-corrected chi connectivity index (χ2v) is 3.52. The Morgan fingerprint density at radius 3 is 2.83 bits per heavy atom. The molecule has 0 atom stereocenters. The van der Waals surface area contributed by atoms with Crippen LogP contribution in [-0.2, 0) is 16.5 Å². The van der Waals surface area contributed by atoms with Crippen LogP contribution in [0.4, 0.5) is 0 Å². The minimum Gasteiger partial charge on any atom is -0.451 e. The van der Waals surface area contributed by atoms with Crippen LogP contribution in [0, 0.1) is 0 Å². The number of rotatable bonds is 3. The van der Waals surface area contributed by atoms with Crippen molar-refractivity contribution in [3.63, 3.8) is 0 Å². The molecule has 4 nitrogen and oxygen atoms in total. The molecule has 1 aromatic rings. The molecule has 5 heteroatoms. The molecule has 1 aromatic heterocycles. The van der Waals surface area contributed by atoms with E-state index in [1.54, 1.807) is 0 Å². The average molecular weight is 188 g/mol. The third-order valence-electron chi connectivity index (χ3n) is 1.31. The quantitative estimate of drug-likeness (QED) is 0.572. The molecule has 1 N–H and O–H groups in total. The molecule has 0 saturated carbocycles. The Labute approximate surface area is 70.3 Å². The summed E-state index contributed by atoms with van der Waals surface area (Å²) in [6.45, 7) is 3.44. The van der Waals surface area contributed by atoms with Crippen LogP contribution in [0.3, 0.4) is 0 Å². The first kappa shape index (κ1) is 9.02. The van der Waals surface area contributed by atoms with Crippen LogP contribution < -0.4 is 0 Å². The maximum atomic E-state index is 10.6. The number of furan rings is 1. The zero-order valence-electron chi connectivity index (χ0n) is 6.23. The molecule has 1 heterocycles.